The van der Waals surface area contributed by atoms with Gasteiger partial charge in [-0.3, -0.25) is 0 Å². The molecule has 4 nitrogen and oxygen atoms in total. The van der Waals surface area contributed by atoms with E-state index < -0.39 is 0 Å². The monoisotopic (exact) mass is 334 g/mol. The van der Waals surface area contributed by atoms with Crippen LogP contribution < -0.4 is 21.7 Å². The third-order valence-electron chi connectivity index (χ3n) is 4.15. The summed E-state index contributed by atoms with van der Waals surface area (Å²) in [4.78, 5) is 0. The van der Waals surface area contributed by atoms with Crippen molar-refractivity contribution in [3.8, 4) is 0 Å². The van der Waals surface area contributed by atoms with Gasteiger partial charge in [0.25, 0.3) is 0 Å². The van der Waals surface area contributed by atoms with Gasteiger partial charge in [-0.1, -0.05) is 43.9 Å². The van der Waals surface area contributed by atoms with Crippen LogP contribution in [0.1, 0.15) is 51.4 Å². The molecule has 0 aliphatic carbocycles. The summed E-state index contributed by atoms with van der Waals surface area (Å²) >= 11 is 0. The van der Waals surface area contributed by atoms with E-state index >= 15 is 0 Å². The number of anilines is 1. The van der Waals surface area contributed by atoms with E-state index in [1.807, 2.05) is 6.07 Å². The third-order valence-corrected chi connectivity index (χ3v) is 4.15. The molecule has 0 atom stereocenters. The molecule has 0 aliphatic heterocycles. The average molecular weight is 335 g/mol. The first-order valence-corrected chi connectivity index (χ1v) is 9.84. The second kappa shape index (κ2) is 16.7. The number of para-hydroxylation sites is 1. The summed E-state index contributed by atoms with van der Waals surface area (Å²) in [5.41, 5.74) is 6.67. The molecule has 24 heavy (non-hydrogen) atoms. The minimum atomic E-state index is 0.796. The van der Waals surface area contributed by atoms with E-state index in [4.69, 9.17) is 5.73 Å². The van der Waals surface area contributed by atoms with Crippen molar-refractivity contribution in [1.82, 2.24) is 10.6 Å². The summed E-state index contributed by atoms with van der Waals surface area (Å²) < 4.78 is 0. The van der Waals surface area contributed by atoms with Gasteiger partial charge in [0.15, 0.2) is 0 Å². The van der Waals surface area contributed by atoms with Crippen molar-refractivity contribution in [2.45, 2.75) is 51.4 Å². The maximum atomic E-state index is 5.46. The lowest BCUT2D eigenvalue weighted by atomic mass is 10.1. The van der Waals surface area contributed by atoms with Gasteiger partial charge >= 0.3 is 0 Å². The Morgan fingerprint density at radius 1 is 0.583 bits per heavy atom. The predicted octanol–water partition coefficient (Wildman–Crippen LogP) is 3.36. The van der Waals surface area contributed by atoms with Crippen molar-refractivity contribution in [3.05, 3.63) is 30.3 Å². The normalized spacial score (nSPS) is 10.9. The number of rotatable bonds is 17. The molecule has 1 aromatic carbocycles. The van der Waals surface area contributed by atoms with Gasteiger partial charge < -0.3 is 21.7 Å². The molecule has 0 amide bonds. The summed E-state index contributed by atoms with van der Waals surface area (Å²) in [6.45, 7) is 6.32. The van der Waals surface area contributed by atoms with E-state index in [1.165, 1.54) is 50.6 Å². The first-order valence-electron chi connectivity index (χ1n) is 9.84. The fourth-order valence-electron chi connectivity index (χ4n) is 2.69. The van der Waals surface area contributed by atoms with E-state index in [1.54, 1.807) is 0 Å². The maximum Gasteiger partial charge on any atom is 0.0340 e. The van der Waals surface area contributed by atoms with Crippen LogP contribution in [0.15, 0.2) is 30.3 Å². The van der Waals surface area contributed by atoms with Crippen LogP contribution in [-0.2, 0) is 0 Å². The van der Waals surface area contributed by atoms with Gasteiger partial charge in [-0.2, -0.15) is 0 Å². The fourth-order valence-corrected chi connectivity index (χ4v) is 2.69. The average Bonchev–Trinajstić information content (AvgIpc) is 2.62. The van der Waals surface area contributed by atoms with Crippen LogP contribution in [0, 0.1) is 0 Å². The van der Waals surface area contributed by atoms with Crippen molar-refractivity contribution in [1.29, 1.82) is 0 Å². The second-order valence-electron chi connectivity index (χ2n) is 6.41. The molecule has 0 spiro atoms. The SMILES string of the molecule is NCCCNCCCCCCCCNCCCNc1ccccc1. The van der Waals surface area contributed by atoms with Gasteiger partial charge in [0, 0.05) is 12.2 Å². The van der Waals surface area contributed by atoms with Crippen LogP contribution in [0.2, 0.25) is 0 Å². The molecule has 0 saturated carbocycles. The minimum Gasteiger partial charge on any atom is -0.385 e. The molecular formula is C20H38N4. The zero-order chi connectivity index (χ0) is 17.1. The Bertz CT molecular complexity index is 356. The highest BCUT2D eigenvalue weighted by Gasteiger charge is 1.93. The standard InChI is InChI=1S/C20H38N4/c21-14-10-17-22-15-8-3-1-2-4-9-16-23-18-11-19-24-20-12-6-5-7-13-20/h5-7,12-13,22-24H,1-4,8-11,14-19,21H2. The van der Waals surface area contributed by atoms with Crippen molar-refractivity contribution in [3.63, 3.8) is 0 Å². The molecule has 0 heterocycles. The number of nitrogens with one attached hydrogen (secondary N) is 3. The van der Waals surface area contributed by atoms with Crippen LogP contribution in [-0.4, -0.2) is 39.3 Å². The van der Waals surface area contributed by atoms with E-state index in [0.29, 0.717) is 0 Å². The largest absolute Gasteiger partial charge is 0.385 e. The third kappa shape index (κ3) is 13.3. The van der Waals surface area contributed by atoms with Gasteiger partial charge in [-0.25, -0.2) is 0 Å². The zero-order valence-electron chi connectivity index (χ0n) is 15.4. The fraction of sp³-hybridized carbons (Fsp3) is 0.700. The van der Waals surface area contributed by atoms with Gasteiger partial charge in [-0.15, -0.1) is 0 Å². The zero-order valence-corrected chi connectivity index (χ0v) is 15.4. The molecule has 0 radical (unpaired) electrons. The summed E-state index contributed by atoms with van der Waals surface area (Å²) in [6, 6.07) is 10.4. The molecule has 0 fully saturated rings. The van der Waals surface area contributed by atoms with Crippen molar-refractivity contribution >= 4 is 5.69 Å². The van der Waals surface area contributed by atoms with Crippen molar-refractivity contribution in [2.75, 3.05) is 44.6 Å². The molecule has 5 N–H and O–H groups in total. The van der Waals surface area contributed by atoms with Crippen LogP contribution in [0.3, 0.4) is 0 Å². The highest BCUT2D eigenvalue weighted by Crippen LogP contribution is 2.05. The molecule has 0 unspecified atom stereocenters. The Morgan fingerprint density at radius 3 is 1.75 bits per heavy atom. The summed E-state index contributed by atoms with van der Waals surface area (Å²) in [5, 5.41) is 10.4. The lowest BCUT2D eigenvalue weighted by molar-refractivity contribution is 0.546. The Labute approximate surface area is 149 Å². The van der Waals surface area contributed by atoms with Crippen LogP contribution in [0.5, 0.6) is 0 Å². The number of hydrogen-bond acceptors (Lipinski definition) is 4. The lowest BCUT2D eigenvalue weighted by Gasteiger charge is -2.07. The summed E-state index contributed by atoms with van der Waals surface area (Å²) in [6.07, 6.45) is 10.3. The molecule has 4 heteroatoms. The number of benzene rings is 1. The van der Waals surface area contributed by atoms with Crippen LogP contribution in [0.25, 0.3) is 0 Å². The Hall–Kier alpha value is -1.10. The smallest absolute Gasteiger partial charge is 0.0340 e. The molecule has 0 saturated heterocycles. The highest BCUT2D eigenvalue weighted by atomic mass is 14.9. The summed E-state index contributed by atoms with van der Waals surface area (Å²) in [5.74, 6) is 0. The van der Waals surface area contributed by atoms with E-state index in [-0.39, 0.29) is 0 Å². The van der Waals surface area contributed by atoms with Gasteiger partial charge in [-0.05, 0) is 70.5 Å². The molecule has 0 bridgehead atoms. The number of nitrogens with two attached hydrogens (primary N) is 1. The first kappa shape index (κ1) is 20.9. The van der Waals surface area contributed by atoms with E-state index in [0.717, 1.165) is 45.7 Å². The lowest BCUT2D eigenvalue weighted by Crippen LogP contribution is -2.19. The Balaban J connectivity index is 1.70. The molecular weight excluding hydrogens is 296 g/mol. The summed E-state index contributed by atoms with van der Waals surface area (Å²) in [7, 11) is 0. The Morgan fingerprint density at radius 2 is 1.12 bits per heavy atom. The van der Waals surface area contributed by atoms with Gasteiger partial charge in [0.2, 0.25) is 0 Å². The second-order valence-corrected chi connectivity index (χ2v) is 6.41. The van der Waals surface area contributed by atoms with Crippen LogP contribution >= 0.6 is 0 Å². The molecule has 0 aliphatic rings. The Kier molecular flexibility index (Phi) is 14.6. The molecule has 0 aromatic heterocycles. The quantitative estimate of drug-likeness (QED) is 0.330. The van der Waals surface area contributed by atoms with E-state index in [9.17, 15) is 0 Å². The maximum absolute atomic E-state index is 5.46. The molecule has 138 valence electrons. The number of unbranched alkanes of at least 4 members (excludes halogenated alkanes) is 5. The first-order chi connectivity index (χ1) is 11.9. The van der Waals surface area contributed by atoms with Gasteiger partial charge in [0.1, 0.15) is 0 Å². The van der Waals surface area contributed by atoms with Crippen molar-refractivity contribution in [2.24, 2.45) is 5.73 Å². The highest BCUT2D eigenvalue weighted by molar-refractivity contribution is 5.42. The topological polar surface area (TPSA) is 62.1 Å². The minimum absolute atomic E-state index is 0.796. The van der Waals surface area contributed by atoms with Crippen molar-refractivity contribution < 1.29 is 0 Å². The molecule has 1 rings (SSSR count). The van der Waals surface area contributed by atoms with Gasteiger partial charge in [0.05, 0.1) is 0 Å². The predicted molar refractivity (Wildman–Crippen MR) is 107 cm³/mol. The molecule has 1 aromatic rings. The number of hydrogen-bond donors (Lipinski definition) is 4. The van der Waals surface area contributed by atoms with E-state index in [2.05, 4.69) is 40.2 Å². The van der Waals surface area contributed by atoms with Crippen LogP contribution in [0.4, 0.5) is 5.69 Å².